The number of halogens is 1. The molecule has 0 aliphatic rings. The lowest BCUT2D eigenvalue weighted by molar-refractivity contribution is 0.593. The molecule has 0 unspecified atom stereocenters. The zero-order valence-corrected chi connectivity index (χ0v) is 10.0. The molecule has 0 N–H and O–H groups in total. The molecule has 0 aliphatic carbocycles. The van der Waals surface area contributed by atoms with Gasteiger partial charge in [-0.25, -0.2) is 8.42 Å². The first kappa shape index (κ1) is 11.5. The summed E-state index contributed by atoms with van der Waals surface area (Å²) in [7, 11) is -3.02. The van der Waals surface area contributed by atoms with Crippen LogP contribution < -0.4 is 5.56 Å². The van der Waals surface area contributed by atoms with Gasteiger partial charge < -0.3 is 4.57 Å². The van der Waals surface area contributed by atoms with Crippen molar-refractivity contribution in [2.45, 2.75) is 6.54 Å². The zero-order valence-electron chi connectivity index (χ0n) is 7.60. The summed E-state index contributed by atoms with van der Waals surface area (Å²) in [4.78, 5) is 11.3. The van der Waals surface area contributed by atoms with Gasteiger partial charge in [-0.05, 0) is 6.07 Å². The maximum atomic E-state index is 11.3. The van der Waals surface area contributed by atoms with Crippen LogP contribution in [0.1, 0.15) is 0 Å². The van der Waals surface area contributed by atoms with Crippen molar-refractivity contribution in [3.8, 4) is 0 Å². The molecule has 4 nitrogen and oxygen atoms in total. The molecule has 0 atom stereocenters. The maximum Gasteiger partial charge on any atom is 0.251 e. The third-order valence-electron chi connectivity index (χ3n) is 1.66. The van der Waals surface area contributed by atoms with Crippen molar-refractivity contribution in [3.05, 3.63) is 33.2 Å². The number of sulfone groups is 1. The van der Waals surface area contributed by atoms with E-state index in [0.29, 0.717) is 4.47 Å². The Kier molecular flexibility index (Phi) is 3.49. The van der Waals surface area contributed by atoms with E-state index in [0.717, 1.165) is 6.26 Å². The summed E-state index contributed by atoms with van der Waals surface area (Å²) in [5, 5.41) is 0. The number of aryl methyl sites for hydroxylation is 1. The number of rotatable bonds is 3. The van der Waals surface area contributed by atoms with E-state index in [1.165, 1.54) is 10.6 Å². The van der Waals surface area contributed by atoms with Crippen LogP contribution >= 0.6 is 15.9 Å². The average Bonchev–Trinajstić information content (AvgIpc) is 2.00. The Hall–Kier alpha value is -0.620. The minimum atomic E-state index is -3.02. The van der Waals surface area contributed by atoms with Crippen molar-refractivity contribution >= 4 is 25.8 Å². The molecule has 14 heavy (non-hydrogen) atoms. The Balaban J connectivity index is 2.84. The maximum absolute atomic E-state index is 11.3. The van der Waals surface area contributed by atoms with E-state index in [-0.39, 0.29) is 17.9 Å². The number of hydrogen-bond acceptors (Lipinski definition) is 3. The van der Waals surface area contributed by atoms with Gasteiger partial charge in [0.05, 0.1) is 5.75 Å². The van der Waals surface area contributed by atoms with Gasteiger partial charge in [-0.1, -0.05) is 15.9 Å². The number of hydrogen-bond donors (Lipinski definition) is 0. The molecule has 78 valence electrons. The molecule has 0 saturated carbocycles. The Morgan fingerprint density at radius 1 is 1.50 bits per heavy atom. The Labute approximate surface area is 90.6 Å². The third kappa shape index (κ3) is 3.63. The predicted octanol–water partition coefficient (Wildman–Crippen LogP) is 0.655. The SMILES string of the molecule is CS(=O)(=O)CCn1ccc(Br)cc1=O. The molecule has 0 amide bonds. The van der Waals surface area contributed by atoms with Gasteiger partial charge in [-0.15, -0.1) is 0 Å². The summed E-state index contributed by atoms with van der Waals surface area (Å²) in [6.07, 6.45) is 2.72. The molecule has 6 heteroatoms. The molecule has 0 radical (unpaired) electrons. The van der Waals surface area contributed by atoms with E-state index in [4.69, 9.17) is 0 Å². The largest absolute Gasteiger partial charge is 0.314 e. The summed E-state index contributed by atoms with van der Waals surface area (Å²) in [5.41, 5.74) is -0.206. The quantitative estimate of drug-likeness (QED) is 0.817. The predicted molar refractivity (Wildman–Crippen MR) is 58.1 cm³/mol. The summed E-state index contributed by atoms with van der Waals surface area (Å²) in [5.74, 6) is -0.0193. The van der Waals surface area contributed by atoms with Gasteiger partial charge in [-0.2, -0.15) is 0 Å². The molecule has 0 fully saturated rings. The molecule has 0 saturated heterocycles. The fourth-order valence-corrected chi connectivity index (χ4v) is 1.77. The average molecular weight is 280 g/mol. The molecule has 1 aromatic rings. The van der Waals surface area contributed by atoms with Crippen molar-refractivity contribution < 1.29 is 8.42 Å². The van der Waals surface area contributed by atoms with Gasteiger partial charge in [0.15, 0.2) is 0 Å². The van der Waals surface area contributed by atoms with E-state index in [9.17, 15) is 13.2 Å². The van der Waals surface area contributed by atoms with Gasteiger partial charge >= 0.3 is 0 Å². The number of pyridine rings is 1. The van der Waals surface area contributed by atoms with E-state index in [2.05, 4.69) is 15.9 Å². The van der Waals surface area contributed by atoms with Crippen LogP contribution in [0.15, 0.2) is 27.6 Å². The first-order chi connectivity index (χ1) is 6.38. The van der Waals surface area contributed by atoms with Crippen LogP contribution in [-0.4, -0.2) is 25.0 Å². The summed E-state index contributed by atoms with van der Waals surface area (Å²) in [6, 6.07) is 3.10. The minimum absolute atomic E-state index is 0.0193. The summed E-state index contributed by atoms with van der Waals surface area (Å²) in [6.45, 7) is 0.199. The van der Waals surface area contributed by atoms with Crippen molar-refractivity contribution in [1.82, 2.24) is 4.57 Å². The lowest BCUT2D eigenvalue weighted by Gasteiger charge is -2.03. The van der Waals surface area contributed by atoms with Crippen LogP contribution in [-0.2, 0) is 16.4 Å². The monoisotopic (exact) mass is 279 g/mol. The van der Waals surface area contributed by atoms with Crippen molar-refractivity contribution in [2.75, 3.05) is 12.0 Å². The normalized spacial score (nSPS) is 11.6. The summed E-state index contributed by atoms with van der Waals surface area (Å²) >= 11 is 3.16. The fraction of sp³-hybridized carbons (Fsp3) is 0.375. The molecular formula is C8H10BrNO3S. The Morgan fingerprint density at radius 2 is 2.14 bits per heavy atom. The molecule has 1 heterocycles. The van der Waals surface area contributed by atoms with Crippen LogP contribution in [0, 0.1) is 0 Å². The first-order valence-electron chi connectivity index (χ1n) is 3.92. The zero-order chi connectivity index (χ0) is 10.8. The van der Waals surface area contributed by atoms with Crippen LogP contribution in [0.5, 0.6) is 0 Å². The van der Waals surface area contributed by atoms with Crippen molar-refractivity contribution in [2.24, 2.45) is 0 Å². The van der Waals surface area contributed by atoms with Crippen LogP contribution in [0.2, 0.25) is 0 Å². The second kappa shape index (κ2) is 4.27. The smallest absolute Gasteiger partial charge is 0.251 e. The number of nitrogens with zero attached hydrogens (tertiary/aromatic N) is 1. The second-order valence-corrected chi connectivity index (χ2v) is 6.18. The van der Waals surface area contributed by atoms with Crippen LogP contribution in [0.3, 0.4) is 0 Å². The van der Waals surface area contributed by atoms with Crippen LogP contribution in [0.25, 0.3) is 0 Å². The van der Waals surface area contributed by atoms with Gasteiger partial charge in [0.2, 0.25) is 0 Å². The van der Waals surface area contributed by atoms with Gasteiger partial charge in [-0.3, -0.25) is 4.79 Å². The minimum Gasteiger partial charge on any atom is -0.314 e. The van der Waals surface area contributed by atoms with Gasteiger partial charge in [0, 0.05) is 29.5 Å². The molecule has 1 aromatic heterocycles. The van der Waals surface area contributed by atoms with E-state index in [1.54, 1.807) is 12.3 Å². The van der Waals surface area contributed by atoms with Gasteiger partial charge in [0.25, 0.3) is 5.56 Å². The van der Waals surface area contributed by atoms with E-state index in [1.807, 2.05) is 0 Å². The van der Waals surface area contributed by atoms with E-state index >= 15 is 0 Å². The standard InChI is InChI=1S/C8H10BrNO3S/c1-14(12,13)5-4-10-3-2-7(9)6-8(10)11/h2-3,6H,4-5H2,1H3. The lowest BCUT2D eigenvalue weighted by atomic mass is 10.5. The highest BCUT2D eigenvalue weighted by atomic mass is 79.9. The molecule has 1 rings (SSSR count). The highest BCUT2D eigenvalue weighted by Gasteiger charge is 2.03. The van der Waals surface area contributed by atoms with Crippen molar-refractivity contribution in [3.63, 3.8) is 0 Å². The molecule has 0 aromatic carbocycles. The van der Waals surface area contributed by atoms with Crippen LogP contribution in [0.4, 0.5) is 0 Å². The fourth-order valence-electron chi connectivity index (χ4n) is 0.933. The van der Waals surface area contributed by atoms with E-state index < -0.39 is 9.84 Å². The Morgan fingerprint density at radius 3 is 2.64 bits per heavy atom. The first-order valence-corrected chi connectivity index (χ1v) is 6.77. The highest BCUT2D eigenvalue weighted by molar-refractivity contribution is 9.10. The molecule has 0 aliphatic heterocycles. The molecule has 0 bridgehead atoms. The van der Waals surface area contributed by atoms with Gasteiger partial charge in [0.1, 0.15) is 9.84 Å². The van der Waals surface area contributed by atoms with Crippen molar-refractivity contribution in [1.29, 1.82) is 0 Å². The summed E-state index contributed by atoms with van der Waals surface area (Å²) < 4.78 is 23.8. The molecular weight excluding hydrogens is 270 g/mol. The Bertz CT molecular complexity index is 478. The lowest BCUT2D eigenvalue weighted by Crippen LogP contribution is -2.22. The number of aromatic nitrogens is 1. The molecule has 0 spiro atoms. The second-order valence-electron chi connectivity index (χ2n) is 3.01. The third-order valence-corrected chi connectivity index (χ3v) is 3.08. The topological polar surface area (TPSA) is 56.1 Å². The highest BCUT2D eigenvalue weighted by Crippen LogP contribution is 2.03.